The molecule has 1 aromatic carbocycles. The lowest BCUT2D eigenvalue weighted by Gasteiger charge is -2.09. The van der Waals surface area contributed by atoms with E-state index >= 15 is 0 Å². The second-order valence-electron chi connectivity index (χ2n) is 5.70. The minimum atomic E-state index is -0.457. The van der Waals surface area contributed by atoms with Crippen LogP contribution in [0.3, 0.4) is 0 Å². The molecule has 130 valence electrons. The molecule has 0 bridgehead atoms. The summed E-state index contributed by atoms with van der Waals surface area (Å²) < 4.78 is 15.5. The van der Waals surface area contributed by atoms with Crippen LogP contribution in [-0.2, 0) is 25.6 Å². The number of alkyl carbamates (subject to hydrolysis) is 1. The summed E-state index contributed by atoms with van der Waals surface area (Å²) in [6, 6.07) is 9.49. The molecule has 0 radical (unpaired) electrons. The molecule has 1 aliphatic rings. The van der Waals surface area contributed by atoms with Crippen molar-refractivity contribution >= 4 is 12.1 Å². The van der Waals surface area contributed by atoms with Crippen LogP contribution in [0.15, 0.2) is 42.5 Å². The Morgan fingerprint density at radius 2 is 2.04 bits per heavy atom. The second-order valence-corrected chi connectivity index (χ2v) is 5.70. The van der Waals surface area contributed by atoms with Crippen molar-refractivity contribution in [2.45, 2.75) is 38.6 Å². The molecule has 0 unspecified atom stereocenters. The number of nitrogens with one attached hydrogen (secondary N) is 1. The largest absolute Gasteiger partial charge is 0.463 e. The van der Waals surface area contributed by atoms with Crippen LogP contribution in [0.5, 0.6) is 0 Å². The molecule has 1 amide bonds. The van der Waals surface area contributed by atoms with E-state index < -0.39 is 6.09 Å². The van der Waals surface area contributed by atoms with E-state index in [4.69, 9.17) is 14.2 Å². The summed E-state index contributed by atoms with van der Waals surface area (Å²) in [6.45, 7) is 4.72. The van der Waals surface area contributed by atoms with Crippen LogP contribution >= 0.6 is 0 Å². The maximum Gasteiger partial charge on any atom is 0.407 e. The minimum absolute atomic E-state index is 0.135. The Kier molecular flexibility index (Phi) is 6.37. The number of carbonyl (C=O) groups excluding carboxylic acids is 2. The number of ether oxygens (including phenoxy) is 3. The standard InChI is InChI=1S/C18H23NO5/c1-3-22-16(20)10-9-15-18(2,24-15)11-12-19-17(21)23-13-14-7-5-4-6-8-14/h4-10,15H,3,11-13H2,1-2H3,(H,19,21)/b10-9+/t15-,18+/m1/s1. The summed E-state index contributed by atoms with van der Waals surface area (Å²) in [5, 5.41) is 2.70. The van der Waals surface area contributed by atoms with Crippen molar-refractivity contribution in [3.05, 3.63) is 48.0 Å². The average molecular weight is 333 g/mol. The molecule has 1 aromatic rings. The first kappa shape index (κ1) is 18.0. The molecular formula is C18H23NO5. The first-order valence-corrected chi connectivity index (χ1v) is 8.01. The molecular weight excluding hydrogens is 310 g/mol. The van der Waals surface area contributed by atoms with Crippen molar-refractivity contribution in [2.24, 2.45) is 0 Å². The lowest BCUT2D eigenvalue weighted by Crippen LogP contribution is -2.28. The number of epoxide rings is 1. The van der Waals surface area contributed by atoms with E-state index in [9.17, 15) is 9.59 Å². The van der Waals surface area contributed by atoms with Gasteiger partial charge in [0.2, 0.25) is 0 Å². The van der Waals surface area contributed by atoms with Crippen LogP contribution in [0.2, 0.25) is 0 Å². The zero-order valence-electron chi connectivity index (χ0n) is 14.0. The Balaban J connectivity index is 1.62. The van der Waals surface area contributed by atoms with Gasteiger partial charge in [-0.25, -0.2) is 9.59 Å². The number of hydrogen-bond acceptors (Lipinski definition) is 5. The fraction of sp³-hybridized carbons (Fsp3) is 0.444. The Morgan fingerprint density at radius 1 is 1.29 bits per heavy atom. The highest BCUT2D eigenvalue weighted by molar-refractivity contribution is 5.82. The smallest absolute Gasteiger partial charge is 0.407 e. The lowest BCUT2D eigenvalue weighted by atomic mass is 10.0. The van der Waals surface area contributed by atoms with Crippen molar-refractivity contribution in [3.8, 4) is 0 Å². The maximum atomic E-state index is 11.6. The van der Waals surface area contributed by atoms with Gasteiger partial charge < -0.3 is 19.5 Å². The second kappa shape index (κ2) is 8.49. The minimum Gasteiger partial charge on any atom is -0.463 e. The summed E-state index contributed by atoms with van der Waals surface area (Å²) in [7, 11) is 0. The maximum absolute atomic E-state index is 11.6. The van der Waals surface area contributed by atoms with Crippen molar-refractivity contribution in [1.29, 1.82) is 0 Å². The predicted molar refractivity (Wildman–Crippen MR) is 88.3 cm³/mol. The molecule has 0 aliphatic carbocycles. The van der Waals surface area contributed by atoms with E-state index in [1.54, 1.807) is 13.0 Å². The van der Waals surface area contributed by atoms with Crippen LogP contribution in [-0.4, -0.2) is 36.9 Å². The van der Waals surface area contributed by atoms with E-state index in [-0.39, 0.29) is 24.3 Å². The summed E-state index contributed by atoms with van der Waals surface area (Å²) in [6.07, 6.45) is 3.10. The molecule has 2 atom stereocenters. The van der Waals surface area contributed by atoms with Crippen LogP contribution < -0.4 is 5.32 Å². The van der Waals surface area contributed by atoms with Crippen LogP contribution in [0.4, 0.5) is 4.79 Å². The summed E-state index contributed by atoms with van der Waals surface area (Å²) in [4.78, 5) is 22.9. The molecule has 0 saturated carbocycles. The van der Waals surface area contributed by atoms with Gasteiger partial charge in [0, 0.05) is 12.6 Å². The van der Waals surface area contributed by atoms with Gasteiger partial charge in [0.05, 0.1) is 12.2 Å². The van der Waals surface area contributed by atoms with Gasteiger partial charge in [0.25, 0.3) is 0 Å². The van der Waals surface area contributed by atoms with E-state index in [0.29, 0.717) is 19.6 Å². The quantitative estimate of drug-likeness (QED) is 0.449. The summed E-state index contributed by atoms with van der Waals surface area (Å²) in [5.74, 6) is -0.377. The highest BCUT2D eigenvalue weighted by Crippen LogP contribution is 2.39. The van der Waals surface area contributed by atoms with Gasteiger partial charge in [0.15, 0.2) is 0 Å². The number of benzene rings is 1. The van der Waals surface area contributed by atoms with Crippen molar-refractivity contribution in [1.82, 2.24) is 5.32 Å². The number of carbonyl (C=O) groups is 2. The van der Waals surface area contributed by atoms with Gasteiger partial charge in [-0.1, -0.05) is 30.3 Å². The highest BCUT2D eigenvalue weighted by Gasteiger charge is 2.50. The molecule has 1 aliphatic heterocycles. The lowest BCUT2D eigenvalue weighted by molar-refractivity contribution is -0.137. The van der Waals surface area contributed by atoms with Gasteiger partial charge in [-0.3, -0.25) is 0 Å². The van der Waals surface area contributed by atoms with Crippen LogP contribution in [0.25, 0.3) is 0 Å². The monoisotopic (exact) mass is 333 g/mol. The molecule has 1 N–H and O–H groups in total. The molecule has 0 aromatic heterocycles. The zero-order chi connectivity index (χ0) is 17.4. The number of amides is 1. The average Bonchev–Trinajstić information content (AvgIpc) is 3.22. The highest BCUT2D eigenvalue weighted by atomic mass is 16.6. The van der Waals surface area contributed by atoms with Gasteiger partial charge in [0.1, 0.15) is 12.7 Å². The normalized spacial score (nSPS) is 22.2. The topological polar surface area (TPSA) is 77.2 Å². The molecule has 1 fully saturated rings. The third kappa shape index (κ3) is 5.70. The third-order valence-corrected chi connectivity index (χ3v) is 3.74. The molecule has 1 saturated heterocycles. The zero-order valence-corrected chi connectivity index (χ0v) is 14.0. The van der Waals surface area contributed by atoms with E-state index in [2.05, 4.69) is 5.32 Å². The molecule has 0 spiro atoms. The fourth-order valence-electron chi connectivity index (χ4n) is 2.24. The molecule has 24 heavy (non-hydrogen) atoms. The Labute approximate surface area is 141 Å². The first-order valence-electron chi connectivity index (χ1n) is 8.01. The van der Waals surface area contributed by atoms with Crippen molar-refractivity contribution in [2.75, 3.05) is 13.2 Å². The molecule has 6 heteroatoms. The number of esters is 1. The Hall–Kier alpha value is -2.34. The molecule has 6 nitrogen and oxygen atoms in total. The predicted octanol–water partition coefficient (Wildman–Crippen LogP) is 2.58. The van der Waals surface area contributed by atoms with Gasteiger partial charge in [-0.2, -0.15) is 0 Å². The van der Waals surface area contributed by atoms with Gasteiger partial charge >= 0.3 is 12.1 Å². The third-order valence-electron chi connectivity index (χ3n) is 3.74. The summed E-state index contributed by atoms with van der Waals surface area (Å²) >= 11 is 0. The fourth-order valence-corrected chi connectivity index (χ4v) is 2.24. The Morgan fingerprint density at radius 3 is 2.75 bits per heavy atom. The van der Waals surface area contributed by atoms with Gasteiger partial charge in [-0.05, 0) is 31.9 Å². The van der Waals surface area contributed by atoms with Crippen LogP contribution in [0.1, 0.15) is 25.8 Å². The van der Waals surface area contributed by atoms with Gasteiger partial charge in [-0.15, -0.1) is 0 Å². The van der Waals surface area contributed by atoms with E-state index in [0.717, 1.165) is 5.56 Å². The van der Waals surface area contributed by atoms with E-state index in [1.165, 1.54) is 6.08 Å². The number of rotatable bonds is 8. The van der Waals surface area contributed by atoms with Crippen molar-refractivity contribution < 1.29 is 23.8 Å². The Bertz CT molecular complexity index is 586. The molecule has 2 rings (SSSR count). The number of hydrogen-bond donors (Lipinski definition) is 1. The van der Waals surface area contributed by atoms with Crippen molar-refractivity contribution in [3.63, 3.8) is 0 Å². The SMILES string of the molecule is CCOC(=O)/C=C/[C@H]1O[C@@]1(C)CCNC(=O)OCc1ccccc1. The van der Waals surface area contributed by atoms with E-state index in [1.807, 2.05) is 37.3 Å². The first-order chi connectivity index (χ1) is 11.5. The summed E-state index contributed by atoms with van der Waals surface area (Å²) in [5.41, 5.74) is 0.574. The van der Waals surface area contributed by atoms with Crippen LogP contribution in [0, 0.1) is 0 Å². The molecule has 1 heterocycles.